The lowest BCUT2D eigenvalue weighted by Crippen LogP contribution is -2.28. The van der Waals surface area contributed by atoms with Crippen LogP contribution in [-0.4, -0.2) is 56.8 Å². The van der Waals surface area contributed by atoms with E-state index in [1.54, 1.807) is 0 Å². The molecule has 1 aromatic rings. The van der Waals surface area contributed by atoms with E-state index < -0.39 is 0 Å². The molecule has 0 aromatic heterocycles. The van der Waals surface area contributed by atoms with Gasteiger partial charge in [-0.2, -0.15) is 0 Å². The van der Waals surface area contributed by atoms with E-state index in [4.69, 9.17) is 4.74 Å². The van der Waals surface area contributed by atoms with Crippen molar-refractivity contribution in [3.8, 4) is 0 Å². The highest BCUT2D eigenvalue weighted by molar-refractivity contribution is 7.99. The number of anilines is 1. The molecule has 0 unspecified atom stereocenters. The molecule has 1 heterocycles. The van der Waals surface area contributed by atoms with Gasteiger partial charge in [-0.15, -0.1) is 11.8 Å². The fourth-order valence-electron chi connectivity index (χ4n) is 2.26. The third-order valence-corrected chi connectivity index (χ3v) is 4.51. The fraction of sp³-hybridized carbons (Fsp3) is 0.562. The molecule has 1 fully saturated rings. The van der Waals surface area contributed by atoms with Crippen LogP contribution in [-0.2, 0) is 4.74 Å². The van der Waals surface area contributed by atoms with E-state index in [9.17, 15) is 4.79 Å². The Bertz CT molecular complexity index is 460. The van der Waals surface area contributed by atoms with Crippen LogP contribution in [0.3, 0.4) is 0 Å². The Morgan fingerprint density at radius 2 is 2.14 bits per heavy atom. The van der Waals surface area contributed by atoms with Gasteiger partial charge in [0.15, 0.2) is 6.29 Å². The van der Waals surface area contributed by atoms with Gasteiger partial charge in [-0.25, -0.2) is 0 Å². The minimum atomic E-state index is 0.402. The second-order valence-electron chi connectivity index (χ2n) is 5.55. The summed E-state index contributed by atoms with van der Waals surface area (Å²) in [5, 5.41) is 3.50. The second kappa shape index (κ2) is 8.41. The molecule has 1 aromatic carbocycles. The van der Waals surface area contributed by atoms with Crippen LogP contribution in [0.5, 0.6) is 0 Å². The first-order chi connectivity index (χ1) is 10.2. The van der Waals surface area contributed by atoms with Crippen molar-refractivity contribution in [2.24, 2.45) is 0 Å². The smallest absolute Gasteiger partial charge is 0.152 e. The summed E-state index contributed by atoms with van der Waals surface area (Å²) in [7, 11) is 4.16. The van der Waals surface area contributed by atoms with Crippen LogP contribution in [0.15, 0.2) is 23.1 Å². The molecular weight excluding hydrogens is 284 g/mol. The maximum atomic E-state index is 11.2. The van der Waals surface area contributed by atoms with E-state index >= 15 is 0 Å². The van der Waals surface area contributed by atoms with Gasteiger partial charge >= 0.3 is 0 Å². The van der Waals surface area contributed by atoms with E-state index in [1.165, 1.54) is 4.90 Å². The van der Waals surface area contributed by atoms with Crippen molar-refractivity contribution in [3.05, 3.63) is 23.8 Å². The lowest BCUT2D eigenvalue weighted by atomic mass is 10.1. The molecule has 1 aliphatic heterocycles. The largest absolute Gasteiger partial charge is 0.382 e. The van der Waals surface area contributed by atoms with Crippen LogP contribution in [0.25, 0.3) is 0 Å². The topological polar surface area (TPSA) is 41.6 Å². The summed E-state index contributed by atoms with van der Waals surface area (Å²) < 4.78 is 5.37. The highest BCUT2D eigenvalue weighted by Gasteiger charge is 2.15. The Morgan fingerprint density at radius 3 is 2.81 bits per heavy atom. The number of nitrogens with one attached hydrogen (secondary N) is 1. The van der Waals surface area contributed by atoms with Gasteiger partial charge < -0.3 is 15.0 Å². The molecule has 1 saturated heterocycles. The molecule has 0 amide bonds. The first-order valence-corrected chi connectivity index (χ1v) is 8.38. The lowest BCUT2D eigenvalue weighted by Gasteiger charge is -2.25. The van der Waals surface area contributed by atoms with E-state index in [2.05, 4.69) is 30.4 Å². The summed E-state index contributed by atoms with van der Waals surface area (Å²) >= 11 is 1.82. The Morgan fingerprint density at radius 1 is 1.38 bits per heavy atom. The second-order valence-corrected chi connectivity index (χ2v) is 6.72. The molecule has 0 radical (unpaired) electrons. The quantitative estimate of drug-likeness (QED) is 0.619. The minimum absolute atomic E-state index is 0.402. The van der Waals surface area contributed by atoms with E-state index in [1.807, 2.05) is 23.9 Å². The average Bonchev–Trinajstić information content (AvgIpc) is 2.48. The number of hydrogen-bond acceptors (Lipinski definition) is 5. The minimum Gasteiger partial charge on any atom is -0.382 e. The highest BCUT2D eigenvalue weighted by Crippen LogP contribution is 2.26. The molecule has 116 valence electrons. The third-order valence-electron chi connectivity index (χ3n) is 3.54. The molecule has 0 spiro atoms. The molecule has 2 rings (SSSR count). The maximum Gasteiger partial charge on any atom is 0.152 e. The molecule has 1 N–H and O–H groups in total. The normalized spacial score (nSPS) is 16.1. The SMILES string of the molecule is CN(C)CCSc1ccc(C=O)c(NC2CCOCC2)c1. The van der Waals surface area contributed by atoms with Gasteiger partial charge in [-0.3, -0.25) is 4.79 Å². The fourth-order valence-corrected chi connectivity index (χ4v) is 3.32. The molecule has 0 aliphatic carbocycles. The summed E-state index contributed by atoms with van der Waals surface area (Å²) in [6, 6.07) is 6.44. The molecule has 0 bridgehead atoms. The predicted octanol–water partition coefficient (Wildman–Crippen LogP) is 2.74. The van der Waals surface area contributed by atoms with Crippen molar-refractivity contribution in [3.63, 3.8) is 0 Å². The third kappa shape index (κ3) is 5.34. The summed E-state index contributed by atoms with van der Waals surface area (Å²) in [6.07, 6.45) is 2.92. The number of carbonyl (C=O) groups excluding carboxylic acids is 1. The van der Waals surface area contributed by atoms with Crippen molar-refractivity contribution in [1.29, 1.82) is 0 Å². The number of benzene rings is 1. The standard InChI is InChI=1S/C16H24N2O2S/c1-18(2)7-10-21-15-4-3-13(12-19)16(11-15)17-14-5-8-20-9-6-14/h3-4,11-12,14,17H,5-10H2,1-2H3. The van der Waals surface area contributed by atoms with Crippen LogP contribution in [0.2, 0.25) is 0 Å². The first-order valence-electron chi connectivity index (χ1n) is 7.40. The number of aldehydes is 1. The van der Waals surface area contributed by atoms with Gasteiger partial charge in [0, 0.05) is 47.7 Å². The zero-order chi connectivity index (χ0) is 15.1. The van der Waals surface area contributed by atoms with Gasteiger partial charge in [0.2, 0.25) is 0 Å². The van der Waals surface area contributed by atoms with Crippen molar-refractivity contribution in [1.82, 2.24) is 4.90 Å². The van der Waals surface area contributed by atoms with E-state index in [-0.39, 0.29) is 0 Å². The van der Waals surface area contributed by atoms with Crippen LogP contribution in [0.1, 0.15) is 23.2 Å². The first kappa shape index (κ1) is 16.3. The summed E-state index contributed by atoms with van der Waals surface area (Å²) in [5.41, 5.74) is 1.69. The molecule has 0 atom stereocenters. The molecule has 21 heavy (non-hydrogen) atoms. The molecule has 5 heteroatoms. The van der Waals surface area contributed by atoms with Crippen molar-refractivity contribution >= 4 is 23.7 Å². The predicted molar refractivity (Wildman–Crippen MR) is 88.6 cm³/mol. The number of thioether (sulfide) groups is 1. The highest BCUT2D eigenvalue weighted by atomic mass is 32.2. The summed E-state index contributed by atoms with van der Waals surface area (Å²) in [4.78, 5) is 14.6. The molecule has 0 saturated carbocycles. The summed E-state index contributed by atoms with van der Waals surface area (Å²) in [5.74, 6) is 1.05. The van der Waals surface area contributed by atoms with E-state index in [0.717, 1.165) is 55.9 Å². The van der Waals surface area contributed by atoms with E-state index in [0.29, 0.717) is 6.04 Å². The number of ether oxygens (including phenoxy) is 1. The monoisotopic (exact) mass is 308 g/mol. The van der Waals surface area contributed by atoms with Crippen LogP contribution in [0.4, 0.5) is 5.69 Å². The van der Waals surface area contributed by atoms with Crippen molar-refractivity contribution < 1.29 is 9.53 Å². The van der Waals surface area contributed by atoms with Crippen LogP contribution < -0.4 is 5.32 Å². The zero-order valence-corrected chi connectivity index (χ0v) is 13.6. The number of nitrogens with zero attached hydrogens (tertiary/aromatic N) is 1. The Balaban J connectivity index is 2.00. The number of carbonyl (C=O) groups is 1. The zero-order valence-electron chi connectivity index (χ0n) is 12.8. The average molecular weight is 308 g/mol. The number of rotatable bonds is 7. The Hall–Kier alpha value is -1.04. The molecular formula is C16H24N2O2S. The van der Waals surface area contributed by atoms with Gasteiger partial charge in [0.05, 0.1) is 0 Å². The molecule has 1 aliphatic rings. The van der Waals surface area contributed by atoms with Crippen LogP contribution in [0, 0.1) is 0 Å². The summed E-state index contributed by atoms with van der Waals surface area (Å²) in [6.45, 7) is 2.64. The van der Waals surface area contributed by atoms with Gasteiger partial charge in [0.25, 0.3) is 0 Å². The van der Waals surface area contributed by atoms with Crippen molar-refractivity contribution in [2.75, 3.05) is 44.9 Å². The lowest BCUT2D eigenvalue weighted by molar-refractivity contribution is 0.0904. The maximum absolute atomic E-state index is 11.2. The van der Waals surface area contributed by atoms with Crippen LogP contribution >= 0.6 is 11.8 Å². The Labute approximate surface area is 131 Å². The van der Waals surface area contributed by atoms with Gasteiger partial charge in [-0.1, -0.05) is 0 Å². The van der Waals surface area contributed by atoms with Gasteiger partial charge in [-0.05, 0) is 45.1 Å². The molecule has 4 nitrogen and oxygen atoms in total. The van der Waals surface area contributed by atoms with Gasteiger partial charge in [0.1, 0.15) is 0 Å². The number of hydrogen-bond donors (Lipinski definition) is 1. The Kier molecular flexibility index (Phi) is 6.54. The van der Waals surface area contributed by atoms with Crippen molar-refractivity contribution in [2.45, 2.75) is 23.8 Å².